The Bertz CT molecular complexity index is 210. The smallest absolute Gasteiger partial charge is 0.264 e. The summed E-state index contributed by atoms with van der Waals surface area (Å²) in [7, 11) is -4.11. The van der Waals surface area contributed by atoms with Crippen molar-refractivity contribution < 1.29 is 28.3 Å². The van der Waals surface area contributed by atoms with Crippen LogP contribution in [0.1, 0.15) is 6.42 Å². The summed E-state index contributed by atoms with van der Waals surface area (Å²) in [5, 5.41) is 26.0. The van der Waals surface area contributed by atoms with Gasteiger partial charge >= 0.3 is 0 Å². The number of hydrogen-bond donors (Lipinski definition) is 4. The van der Waals surface area contributed by atoms with Crippen LogP contribution in [-0.4, -0.2) is 52.9 Å². The van der Waals surface area contributed by atoms with E-state index in [0.717, 1.165) is 0 Å². The molecule has 0 bridgehead atoms. The standard InChI is InChI=1S/C5H12O6S/c6-3-5(8)4(7)1-2-12(9,10)11/h4-8H,1-3H2,(H,9,10,11). The van der Waals surface area contributed by atoms with Crippen LogP contribution >= 0.6 is 0 Å². The molecular weight excluding hydrogens is 188 g/mol. The van der Waals surface area contributed by atoms with Gasteiger partial charge in [0.05, 0.1) is 18.5 Å². The molecule has 74 valence electrons. The van der Waals surface area contributed by atoms with Crippen molar-refractivity contribution in [3.8, 4) is 0 Å². The molecule has 0 aromatic rings. The fourth-order valence-corrected chi connectivity index (χ4v) is 1.12. The van der Waals surface area contributed by atoms with Gasteiger partial charge in [-0.15, -0.1) is 0 Å². The lowest BCUT2D eigenvalue weighted by Crippen LogP contribution is -2.31. The van der Waals surface area contributed by atoms with Crippen molar-refractivity contribution in [2.75, 3.05) is 12.4 Å². The van der Waals surface area contributed by atoms with Crippen LogP contribution in [0.25, 0.3) is 0 Å². The van der Waals surface area contributed by atoms with E-state index in [0.29, 0.717) is 0 Å². The van der Waals surface area contributed by atoms with Gasteiger partial charge in [0.2, 0.25) is 0 Å². The molecule has 0 saturated carbocycles. The second-order valence-corrected chi connectivity index (χ2v) is 3.96. The van der Waals surface area contributed by atoms with E-state index in [2.05, 4.69) is 0 Å². The highest BCUT2D eigenvalue weighted by molar-refractivity contribution is 7.85. The van der Waals surface area contributed by atoms with E-state index in [4.69, 9.17) is 19.9 Å². The van der Waals surface area contributed by atoms with Gasteiger partial charge in [-0.2, -0.15) is 8.42 Å². The molecule has 0 radical (unpaired) electrons. The van der Waals surface area contributed by atoms with Crippen molar-refractivity contribution in [3.63, 3.8) is 0 Å². The number of rotatable bonds is 5. The maximum atomic E-state index is 10.1. The minimum atomic E-state index is -4.11. The van der Waals surface area contributed by atoms with Gasteiger partial charge < -0.3 is 15.3 Å². The molecule has 6 nitrogen and oxygen atoms in total. The zero-order valence-corrected chi connectivity index (χ0v) is 7.11. The van der Waals surface area contributed by atoms with E-state index < -0.39 is 34.7 Å². The zero-order valence-electron chi connectivity index (χ0n) is 6.29. The third kappa shape index (κ3) is 5.44. The molecule has 0 saturated heterocycles. The number of aliphatic hydroxyl groups is 3. The van der Waals surface area contributed by atoms with E-state index in [1.807, 2.05) is 0 Å². The fourth-order valence-electron chi connectivity index (χ4n) is 0.584. The Hall–Kier alpha value is -0.210. The molecule has 12 heavy (non-hydrogen) atoms. The number of hydrogen-bond acceptors (Lipinski definition) is 5. The Morgan fingerprint density at radius 1 is 1.17 bits per heavy atom. The van der Waals surface area contributed by atoms with Gasteiger partial charge in [-0.1, -0.05) is 0 Å². The van der Waals surface area contributed by atoms with Crippen molar-refractivity contribution in [1.29, 1.82) is 0 Å². The van der Waals surface area contributed by atoms with Gasteiger partial charge in [0, 0.05) is 0 Å². The Kier molecular flexibility index (Phi) is 4.64. The summed E-state index contributed by atoms with van der Waals surface area (Å²) in [5.74, 6) is -0.634. The third-order valence-corrected chi connectivity index (χ3v) is 2.05. The van der Waals surface area contributed by atoms with Crippen LogP contribution in [0.15, 0.2) is 0 Å². The van der Waals surface area contributed by atoms with E-state index >= 15 is 0 Å². The highest BCUT2D eigenvalue weighted by Crippen LogP contribution is 2.00. The van der Waals surface area contributed by atoms with Crippen LogP contribution in [0.5, 0.6) is 0 Å². The third-order valence-electron chi connectivity index (χ3n) is 1.30. The molecule has 0 rings (SSSR count). The van der Waals surface area contributed by atoms with Crippen LogP contribution in [0, 0.1) is 0 Å². The first-order chi connectivity index (χ1) is 5.37. The van der Waals surface area contributed by atoms with Gasteiger partial charge in [0.1, 0.15) is 6.10 Å². The molecule has 2 atom stereocenters. The van der Waals surface area contributed by atoms with Gasteiger partial charge in [-0.25, -0.2) is 0 Å². The summed E-state index contributed by atoms with van der Waals surface area (Å²) in [4.78, 5) is 0. The monoisotopic (exact) mass is 200 g/mol. The molecule has 7 heteroatoms. The molecule has 0 amide bonds. The maximum absolute atomic E-state index is 10.1. The normalized spacial score (nSPS) is 17.3. The van der Waals surface area contributed by atoms with E-state index in [-0.39, 0.29) is 6.42 Å². The van der Waals surface area contributed by atoms with Crippen molar-refractivity contribution in [3.05, 3.63) is 0 Å². The molecule has 0 aliphatic carbocycles. The van der Waals surface area contributed by atoms with Gasteiger partial charge in [-0.3, -0.25) is 4.55 Å². The predicted molar refractivity (Wildman–Crippen MR) is 40.1 cm³/mol. The average molecular weight is 200 g/mol. The van der Waals surface area contributed by atoms with Crippen LogP contribution in [0.3, 0.4) is 0 Å². The van der Waals surface area contributed by atoms with Crippen LogP contribution in [-0.2, 0) is 10.1 Å². The molecule has 2 unspecified atom stereocenters. The first-order valence-corrected chi connectivity index (χ1v) is 4.90. The quantitative estimate of drug-likeness (QED) is 0.381. The second kappa shape index (κ2) is 4.73. The Labute approximate surface area is 70.2 Å². The second-order valence-electron chi connectivity index (χ2n) is 2.39. The summed E-state index contributed by atoms with van der Waals surface area (Å²) >= 11 is 0. The summed E-state index contributed by atoms with van der Waals surface area (Å²) in [5.41, 5.74) is 0. The van der Waals surface area contributed by atoms with Crippen molar-refractivity contribution in [2.45, 2.75) is 18.6 Å². The first-order valence-electron chi connectivity index (χ1n) is 3.29. The van der Waals surface area contributed by atoms with E-state index in [1.165, 1.54) is 0 Å². The zero-order chi connectivity index (χ0) is 9.78. The SMILES string of the molecule is O=S(=O)(O)CCC(O)C(O)CO. The Morgan fingerprint density at radius 2 is 1.67 bits per heavy atom. The summed E-state index contributed by atoms with van der Waals surface area (Å²) < 4.78 is 28.5. The lowest BCUT2D eigenvalue weighted by molar-refractivity contribution is -0.0149. The van der Waals surface area contributed by atoms with Crippen molar-refractivity contribution in [2.24, 2.45) is 0 Å². The lowest BCUT2D eigenvalue weighted by Gasteiger charge is -2.13. The molecule has 0 fully saturated rings. The van der Waals surface area contributed by atoms with Crippen LogP contribution < -0.4 is 0 Å². The minimum absolute atomic E-state index is 0.305. The molecular formula is C5H12O6S. The molecule has 0 heterocycles. The maximum Gasteiger partial charge on any atom is 0.264 e. The molecule has 0 aromatic carbocycles. The van der Waals surface area contributed by atoms with Crippen molar-refractivity contribution >= 4 is 10.1 Å². The fraction of sp³-hybridized carbons (Fsp3) is 1.00. The van der Waals surface area contributed by atoms with Gasteiger partial charge in [-0.05, 0) is 6.42 Å². The first kappa shape index (κ1) is 11.8. The summed E-state index contributed by atoms with van der Waals surface area (Å²) in [6, 6.07) is 0. The Balaban J connectivity index is 3.79. The molecule has 4 N–H and O–H groups in total. The highest BCUT2D eigenvalue weighted by Gasteiger charge is 2.17. The summed E-state index contributed by atoms with van der Waals surface area (Å²) in [6.07, 6.45) is -3.01. The molecule has 0 spiro atoms. The van der Waals surface area contributed by atoms with Crippen LogP contribution in [0.4, 0.5) is 0 Å². The molecule has 0 aliphatic heterocycles. The van der Waals surface area contributed by atoms with E-state index in [9.17, 15) is 8.42 Å². The highest BCUT2D eigenvalue weighted by atomic mass is 32.2. The minimum Gasteiger partial charge on any atom is -0.394 e. The average Bonchev–Trinajstić information content (AvgIpc) is 1.97. The molecule has 0 aliphatic rings. The van der Waals surface area contributed by atoms with Gasteiger partial charge in [0.25, 0.3) is 10.1 Å². The number of aliphatic hydroxyl groups excluding tert-OH is 3. The van der Waals surface area contributed by atoms with Crippen LogP contribution in [0.2, 0.25) is 0 Å². The topological polar surface area (TPSA) is 115 Å². The van der Waals surface area contributed by atoms with Gasteiger partial charge in [0.15, 0.2) is 0 Å². The predicted octanol–water partition coefficient (Wildman–Crippen LogP) is -2.02. The Morgan fingerprint density at radius 3 is 2.00 bits per heavy atom. The largest absolute Gasteiger partial charge is 0.394 e. The molecule has 0 aromatic heterocycles. The summed E-state index contributed by atoms with van der Waals surface area (Å²) in [6.45, 7) is -0.646. The van der Waals surface area contributed by atoms with E-state index in [1.54, 1.807) is 0 Å². The van der Waals surface area contributed by atoms with Crippen molar-refractivity contribution in [1.82, 2.24) is 0 Å². The lowest BCUT2D eigenvalue weighted by atomic mass is 10.2.